The van der Waals surface area contributed by atoms with E-state index in [1.165, 1.54) is 0 Å². The number of nitrogens with one attached hydrogen (secondary N) is 1. The number of amides is 1. The second-order valence-corrected chi connectivity index (χ2v) is 4.47. The molecule has 94 valence electrons. The van der Waals surface area contributed by atoms with E-state index in [-0.39, 0.29) is 12.5 Å². The first-order valence-corrected chi connectivity index (χ1v) is 6.17. The maximum atomic E-state index is 11.8. The maximum Gasteiger partial charge on any atom is 0.251 e. The number of halogens is 1. The Morgan fingerprint density at radius 3 is 2.94 bits per heavy atom. The number of aliphatic hydroxyl groups is 1. The number of ether oxygens (including phenoxy) is 1. The van der Waals surface area contributed by atoms with Gasteiger partial charge < -0.3 is 15.2 Å². The Labute approximate surface area is 109 Å². The SMILES string of the molecule is Cc1ccc(Br)cc1C(=O)NCCOCCO. The summed E-state index contributed by atoms with van der Waals surface area (Å²) in [5, 5.41) is 11.3. The number of benzene rings is 1. The minimum Gasteiger partial charge on any atom is -0.394 e. The molecule has 1 aromatic carbocycles. The van der Waals surface area contributed by atoms with E-state index in [1.807, 2.05) is 19.1 Å². The molecule has 4 nitrogen and oxygen atoms in total. The van der Waals surface area contributed by atoms with Gasteiger partial charge in [0, 0.05) is 16.6 Å². The van der Waals surface area contributed by atoms with Gasteiger partial charge in [-0.15, -0.1) is 0 Å². The Bertz CT molecular complexity index is 382. The zero-order valence-electron chi connectivity index (χ0n) is 9.70. The summed E-state index contributed by atoms with van der Waals surface area (Å²) in [5.74, 6) is -0.114. The van der Waals surface area contributed by atoms with Gasteiger partial charge >= 0.3 is 0 Å². The number of rotatable bonds is 6. The predicted molar refractivity (Wildman–Crippen MR) is 69.1 cm³/mol. The Morgan fingerprint density at radius 1 is 1.47 bits per heavy atom. The fourth-order valence-corrected chi connectivity index (χ4v) is 1.70. The number of hydrogen-bond donors (Lipinski definition) is 2. The lowest BCUT2D eigenvalue weighted by Crippen LogP contribution is -2.28. The molecule has 0 aliphatic rings. The Hall–Kier alpha value is -0.910. The molecular weight excluding hydrogens is 286 g/mol. The maximum absolute atomic E-state index is 11.8. The molecule has 1 amide bonds. The van der Waals surface area contributed by atoms with Crippen LogP contribution >= 0.6 is 15.9 Å². The molecule has 0 spiro atoms. The van der Waals surface area contributed by atoms with Crippen LogP contribution in [-0.2, 0) is 4.74 Å². The van der Waals surface area contributed by atoms with Crippen molar-refractivity contribution in [3.05, 3.63) is 33.8 Å². The molecule has 0 aliphatic carbocycles. The molecule has 0 atom stereocenters. The van der Waals surface area contributed by atoms with Crippen molar-refractivity contribution in [1.82, 2.24) is 5.32 Å². The predicted octanol–water partition coefficient (Wildman–Crippen LogP) is 1.50. The van der Waals surface area contributed by atoms with Crippen LogP contribution in [0.25, 0.3) is 0 Å². The molecule has 1 rings (SSSR count). The zero-order chi connectivity index (χ0) is 12.7. The summed E-state index contributed by atoms with van der Waals surface area (Å²) < 4.78 is 5.93. The quantitative estimate of drug-likeness (QED) is 0.783. The molecule has 0 heterocycles. The number of aryl methyl sites for hydroxylation is 1. The van der Waals surface area contributed by atoms with Gasteiger partial charge in [-0.3, -0.25) is 4.79 Å². The summed E-state index contributed by atoms with van der Waals surface area (Å²) in [4.78, 5) is 11.8. The van der Waals surface area contributed by atoms with Crippen molar-refractivity contribution >= 4 is 21.8 Å². The third kappa shape index (κ3) is 4.85. The monoisotopic (exact) mass is 301 g/mol. The molecule has 0 saturated carbocycles. The van der Waals surface area contributed by atoms with Crippen LogP contribution < -0.4 is 5.32 Å². The highest BCUT2D eigenvalue weighted by Crippen LogP contribution is 2.15. The third-order valence-electron chi connectivity index (χ3n) is 2.21. The van der Waals surface area contributed by atoms with Gasteiger partial charge in [0.2, 0.25) is 0 Å². The number of carbonyl (C=O) groups is 1. The van der Waals surface area contributed by atoms with Crippen LogP contribution in [0.5, 0.6) is 0 Å². The highest BCUT2D eigenvalue weighted by atomic mass is 79.9. The minimum absolute atomic E-state index is 0.00130. The molecule has 2 N–H and O–H groups in total. The van der Waals surface area contributed by atoms with Crippen LogP contribution in [0.15, 0.2) is 22.7 Å². The summed E-state index contributed by atoms with van der Waals surface area (Å²) in [7, 11) is 0. The van der Waals surface area contributed by atoms with Crippen LogP contribution in [0, 0.1) is 6.92 Å². The zero-order valence-corrected chi connectivity index (χ0v) is 11.3. The normalized spacial score (nSPS) is 10.3. The van der Waals surface area contributed by atoms with Crippen molar-refractivity contribution in [3.8, 4) is 0 Å². The highest BCUT2D eigenvalue weighted by Gasteiger charge is 2.08. The van der Waals surface area contributed by atoms with E-state index >= 15 is 0 Å². The largest absolute Gasteiger partial charge is 0.394 e. The molecule has 0 aromatic heterocycles. The van der Waals surface area contributed by atoms with E-state index in [9.17, 15) is 4.79 Å². The molecule has 0 radical (unpaired) electrons. The number of carbonyl (C=O) groups excluding carboxylic acids is 1. The van der Waals surface area contributed by atoms with Gasteiger partial charge in [0.25, 0.3) is 5.91 Å². The van der Waals surface area contributed by atoms with Gasteiger partial charge in [0.05, 0.1) is 19.8 Å². The molecule has 0 unspecified atom stereocenters. The van der Waals surface area contributed by atoms with Gasteiger partial charge in [-0.2, -0.15) is 0 Å². The van der Waals surface area contributed by atoms with Crippen molar-refractivity contribution in [1.29, 1.82) is 0 Å². The van der Waals surface area contributed by atoms with Gasteiger partial charge in [0.15, 0.2) is 0 Å². The first kappa shape index (κ1) is 14.2. The summed E-state index contributed by atoms with van der Waals surface area (Å²) in [6.45, 7) is 3.03. The molecule has 5 heteroatoms. The summed E-state index contributed by atoms with van der Waals surface area (Å²) >= 11 is 3.33. The van der Waals surface area contributed by atoms with Gasteiger partial charge in [-0.25, -0.2) is 0 Å². The van der Waals surface area contributed by atoms with E-state index in [2.05, 4.69) is 21.2 Å². The molecule has 0 fully saturated rings. The van der Waals surface area contributed by atoms with Gasteiger partial charge in [0.1, 0.15) is 0 Å². The van der Waals surface area contributed by atoms with Crippen molar-refractivity contribution in [3.63, 3.8) is 0 Å². The van der Waals surface area contributed by atoms with Gasteiger partial charge in [-0.1, -0.05) is 22.0 Å². The Balaban J connectivity index is 2.44. The van der Waals surface area contributed by atoms with Crippen molar-refractivity contribution in [2.24, 2.45) is 0 Å². The molecule has 1 aromatic rings. The minimum atomic E-state index is -0.114. The van der Waals surface area contributed by atoms with E-state index in [0.29, 0.717) is 25.3 Å². The number of hydrogen-bond acceptors (Lipinski definition) is 3. The number of aliphatic hydroxyl groups excluding tert-OH is 1. The topological polar surface area (TPSA) is 58.6 Å². The van der Waals surface area contributed by atoms with E-state index in [1.54, 1.807) is 6.07 Å². The summed E-state index contributed by atoms with van der Waals surface area (Å²) in [6, 6.07) is 5.58. The van der Waals surface area contributed by atoms with Crippen molar-refractivity contribution in [2.45, 2.75) is 6.92 Å². The summed E-state index contributed by atoms with van der Waals surface area (Å²) in [5.41, 5.74) is 1.59. The fourth-order valence-electron chi connectivity index (χ4n) is 1.34. The van der Waals surface area contributed by atoms with Crippen LogP contribution in [0.2, 0.25) is 0 Å². The second kappa shape index (κ2) is 7.42. The van der Waals surface area contributed by atoms with Crippen LogP contribution in [0.1, 0.15) is 15.9 Å². The molecule has 17 heavy (non-hydrogen) atoms. The van der Waals surface area contributed by atoms with Crippen molar-refractivity contribution < 1.29 is 14.6 Å². The second-order valence-electron chi connectivity index (χ2n) is 3.55. The van der Waals surface area contributed by atoms with Gasteiger partial charge in [-0.05, 0) is 24.6 Å². The Kier molecular flexibility index (Phi) is 6.18. The van der Waals surface area contributed by atoms with Crippen LogP contribution in [-0.4, -0.2) is 37.4 Å². The lowest BCUT2D eigenvalue weighted by atomic mass is 10.1. The van der Waals surface area contributed by atoms with E-state index in [0.717, 1.165) is 10.0 Å². The molecule has 0 saturated heterocycles. The third-order valence-corrected chi connectivity index (χ3v) is 2.71. The average Bonchev–Trinajstić information content (AvgIpc) is 2.32. The van der Waals surface area contributed by atoms with E-state index in [4.69, 9.17) is 9.84 Å². The Morgan fingerprint density at radius 2 is 2.24 bits per heavy atom. The van der Waals surface area contributed by atoms with Crippen molar-refractivity contribution in [2.75, 3.05) is 26.4 Å². The highest BCUT2D eigenvalue weighted by molar-refractivity contribution is 9.10. The van der Waals surface area contributed by atoms with Crippen LogP contribution in [0.4, 0.5) is 0 Å². The summed E-state index contributed by atoms with van der Waals surface area (Å²) in [6.07, 6.45) is 0. The molecular formula is C12H16BrNO3. The molecule has 0 bridgehead atoms. The van der Waals surface area contributed by atoms with Crippen LogP contribution in [0.3, 0.4) is 0 Å². The molecule has 0 aliphatic heterocycles. The smallest absolute Gasteiger partial charge is 0.251 e. The average molecular weight is 302 g/mol. The lowest BCUT2D eigenvalue weighted by molar-refractivity contribution is 0.0837. The fraction of sp³-hybridized carbons (Fsp3) is 0.417. The first-order chi connectivity index (χ1) is 8.15. The standard InChI is InChI=1S/C12H16BrNO3/c1-9-2-3-10(13)8-11(9)12(16)14-4-6-17-7-5-15/h2-3,8,15H,4-7H2,1H3,(H,14,16). The lowest BCUT2D eigenvalue weighted by Gasteiger charge is -2.08. The van der Waals surface area contributed by atoms with E-state index < -0.39 is 0 Å². The first-order valence-electron chi connectivity index (χ1n) is 5.38.